The molecule has 0 aliphatic carbocycles. The second-order valence-electron chi connectivity index (χ2n) is 6.39. The highest BCUT2D eigenvalue weighted by Gasteiger charge is 2.21. The zero-order chi connectivity index (χ0) is 17.5. The van der Waals surface area contributed by atoms with Crippen LogP contribution in [0.25, 0.3) is 0 Å². The molecule has 23 heavy (non-hydrogen) atoms. The number of benzene rings is 1. The Balaban J connectivity index is 2.43. The van der Waals surface area contributed by atoms with E-state index < -0.39 is 5.60 Å². The highest BCUT2D eigenvalue weighted by atomic mass is 79.9. The third kappa shape index (κ3) is 8.04. The van der Waals surface area contributed by atoms with E-state index in [2.05, 4.69) is 28.2 Å². The van der Waals surface area contributed by atoms with Gasteiger partial charge in [0.2, 0.25) is 0 Å². The van der Waals surface area contributed by atoms with Gasteiger partial charge in [0.15, 0.2) is 0 Å². The second-order valence-corrected chi connectivity index (χ2v) is 7.65. The van der Waals surface area contributed by atoms with Gasteiger partial charge in [-0.15, -0.1) is 0 Å². The summed E-state index contributed by atoms with van der Waals surface area (Å²) >= 11 is 9.40. The number of carbonyl (C=O) groups is 1. The van der Waals surface area contributed by atoms with E-state index in [1.807, 2.05) is 39.0 Å². The van der Waals surface area contributed by atoms with Crippen molar-refractivity contribution >= 4 is 33.6 Å². The molecule has 0 unspecified atom stereocenters. The van der Waals surface area contributed by atoms with Crippen molar-refractivity contribution in [2.24, 2.45) is 0 Å². The molecule has 0 bridgehead atoms. The molecule has 1 aromatic carbocycles. The van der Waals surface area contributed by atoms with Crippen LogP contribution in [0.5, 0.6) is 0 Å². The molecule has 0 saturated heterocycles. The standard InChI is InChI=1S/C17H26BrClN2O2/c1-5-9-21(16(22)23-17(2,3)4)10-8-20-12-13-6-7-15(19)14(18)11-13/h6-7,11,20H,5,8-10,12H2,1-4H3. The van der Waals surface area contributed by atoms with E-state index in [4.69, 9.17) is 16.3 Å². The fourth-order valence-electron chi connectivity index (χ4n) is 1.99. The fraction of sp³-hybridized carbons (Fsp3) is 0.588. The first-order chi connectivity index (χ1) is 10.7. The van der Waals surface area contributed by atoms with E-state index in [9.17, 15) is 4.79 Å². The molecule has 130 valence electrons. The number of nitrogens with one attached hydrogen (secondary N) is 1. The molecule has 0 spiro atoms. The predicted octanol–water partition coefficient (Wildman–Crippen LogP) is 4.84. The Morgan fingerprint density at radius 3 is 2.61 bits per heavy atom. The van der Waals surface area contributed by atoms with Crippen molar-refractivity contribution in [3.05, 3.63) is 33.3 Å². The summed E-state index contributed by atoms with van der Waals surface area (Å²) in [6, 6.07) is 5.84. The molecular weight excluding hydrogens is 380 g/mol. The highest BCUT2D eigenvalue weighted by Crippen LogP contribution is 2.23. The van der Waals surface area contributed by atoms with Gasteiger partial charge in [0.25, 0.3) is 0 Å². The van der Waals surface area contributed by atoms with Gasteiger partial charge in [0, 0.05) is 30.7 Å². The molecule has 1 N–H and O–H groups in total. The molecule has 0 atom stereocenters. The molecule has 4 nitrogen and oxygen atoms in total. The van der Waals surface area contributed by atoms with Crippen LogP contribution in [0.3, 0.4) is 0 Å². The summed E-state index contributed by atoms with van der Waals surface area (Å²) < 4.78 is 6.32. The van der Waals surface area contributed by atoms with Crippen LogP contribution >= 0.6 is 27.5 Å². The molecular formula is C17H26BrClN2O2. The van der Waals surface area contributed by atoms with Crippen molar-refractivity contribution in [1.29, 1.82) is 0 Å². The topological polar surface area (TPSA) is 41.6 Å². The van der Waals surface area contributed by atoms with Crippen LogP contribution in [0.4, 0.5) is 4.79 Å². The maximum atomic E-state index is 12.2. The largest absolute Gasteiger partial charge is 0.444 e. The van der Waals surface area contributed by atoms with Gasteiger partial charge in [-0.1, -0.05) is 24.6 Å². The average Bonchev–Trinajstić information content (AvgIpc) is 2.44. The first kappa shape index (κ1) is 20.3. The zero-order valence-electron chi connectivity index (χ0n) is 14.3. The lowest BCUT2D eigenvalue weighted by Crippen LogP contribution is -2.40. The summed E-state index contributed by atoms with van der Waals surface area (Å²) in [6.07, 6.45) is 0.652. The van der Waals surface area contributed by atoms with Crippen molar-refractivity contribution in [3.63, 3.8) is 0 Å². The van der Waals surface area contributed by atoms with Gasteiger partial charge in [-0.3, -0.25) is 0 Å². The van der Waals surface area contributed by atoms with Crippen LogP contribution in [0.1, 0.15) is 39.7 Å². The average molecular weight is 406 g/mol. The molecule has 0 radical (unpaired) electrons. The Kier molecular flexibility index (Phi) is 8.37. The van der Waals surface area contributed by atoms with E-state index in [1.165, 1.54) is 0 Å². The normalized spacial score (nSPS) is 11.4. The number of halogens is 2. The summed E-state index contributed by atoms with van der Waals surface area (Å²) in [6.45, 7) is 10.4. The minimum Gasteiger partial charge on any atom is -0.444 e. The van der Waals surface area contributed by atoms with E-state index >= 15 is 0 Å². The number of hydrogen-bond donors (Lipinski definition) is 1. The lowest BCUT2D eigenvalue weighted by Gasteiger charge is -2.27. The summed E-state index contributed by atoms with van der Waals surface area (Å²) in [5.74, 6) is 0. The van der Waals surface area contributed by atoms with Crippen LogP contribution in [-0.4, -0.2) is 36.2 Å². The van der Waals surface area contributed by atoms with Gasteiger partial charge in [-0.05, 0) is 60.8 Å². The maximum Gasteiger partial charge on any atom is 0.410 e. The van der Waals surface area contributed by atoms with Crippen LogP contribution in [0, 0.1) is 0 Å². The Morgan fingerprint density at radius 1 is 1.35 bits per heavy atom. The molecule has 1 rings (SSSR count). The number of nitrogens with zero attached hydrogens (tertiary/aromatic N) is 1. The Morgan fingerprint density at radius 2 is 2.04 bits per heavy atom. The third-order valence-corrected chi connectivity index (χ3v) is 4.23. The van der Waals surface area contributed by atoms with E-state index in [0.717, 1.165) is 23.0 Å². The minimum absolute atomic E-state index is 0.254. The third-order valence-electron chi connectivity index (χ3n) is 3.02. The molecule has 1 aromatic rings. The van der Waals surface area contributed by atoms with Crippen molar-refractivity contribution in [3.8, 4) is 0 Å². The fourth-order valence-corrected chi connectivity index (χ4v) is 2.53. The number of ether oxygens (including phenoxy) is 1. The number of amides is 1. The summed E-state index contributed by atoms with van der Waals surface area (Å²) in [5, 5.41) is 4.04. The van der Waals surface area contributed by atoms with Crippen LogP contribution in [0.15, 0.2) is 22.7 Å². The molecule has 0 fully saturated rings. The van der Waals surface area contributed by atoms with E-state index in [1.54, 1.807) is 4.90 Å². The van der Waals surface area contributed by atoms with Crippen molar-refractivity contribution < 1.29 is 9.53 Å². The van der Waals surface area contributed by atoms with Gasteiger partial charge in [-0.2, -0.15) is 0 Å². The highest BCUT2D eigenvalue weighted by molar-refractivity contribution is 9.10. The Labute approximate surface area is 152 Å². The minimum atomic E-state index is -0.466. The molecule has 0 heterocycles. The van der Waals surface area contributed by atoms with Gasteiger partial charge in [0.05, 0.1) is 5.02 Å². The van der Waals surface area contributed by atoms with E-state index in [0.29, 0.717) is 24.7 Å². The van der Waals surface area contributed by atoms with Crippen LogP contribution in [0.2, 0.25) is 5.02 Å². The van der Waals surface area contributed by atoms with Crippen molar-refractivity contribution in [2.45, 2.75) is 46.3 Å². The summed E-state index contributed by atoms with van der Waals surface area (Å²) in [5.41, 5.74) is 0.673. The quantitative estimate of drug-likeness (QED) is 0.660. The molecule has 0 aromatic heterocycles. The number of carbonyl (C=O) groups excluding carboxylic acids is 1. The monoisotopic (exact) mass is 404 g/mol. The number of hydrogen-bond acceptors (Lipinski definition) is 3. The van der Waals surface area contributed by atoms with Crippen LogP contribution < -0.4 is 5.32 Å². The first-order valence-electron chi connectivity index (χ1n) is 7.85. The second kappa shape index (κ2) is 9.50. The molecule has 0 aliphatic heterocycles. The summed E-state index contributed by atoms with van der Waals surface area (Å²) in [4.78, 5) is 13.9. The van der Waals surface area contributed by atoms with Crippen molar-refractivity contribution in [2.75, 3.05) is 19.6 Å². The first-order valence-corrected chi connectivity index (χ1v) is 9.02. The lowest BCUT2D eigenvalue weighted by molar-refractivity contribution is 0.0252. The van der Waals surface area contributed by atoms with Gasteiger partial charge in [0.1, 0.15) is 5.60 Å². The maximum absolute atomic E-state index is 12.2. The van der Waals surface area contributed by atoms with Crippen LogP contribution in [-0.2, 0) is 11.3 Å². The van der Waals surface area contributed by atoms with Crippen molar-refractivity contribution in [1.82, 2.24) is 10.2 Å². The lowest BCUT2D eigenvalue weighted by atomic mass is 10.2. The smallest absolute Gasteiger partial charge is 0.410 e. The molecule has 0 saturated carbocycles. The van der Waals surface area contributed by atoms with Gasteiger partial charge < -0.3 is 15.0 Å². The summed E-state index contributed by atoms with van der Waals surface area (Å²) in [7, 11) is 0. The zero-order valence-corrected chi connectivity index (χ0v) is 16.6. The van der Waals surface area contributed by atoms with Gasteiger partial charge >= 0.3 is 6.09 Å². The predicted molar refractivity (Wildman–Crippen MR) is 99.0 cm³/mol. The number of rotatable bonds is 7. The van der Waals surface area contributed by atoms with E-state index in [-0.39, 0.29) is 6.09 Å². The molecule has 0 aliphatic rings. The SMILES string of the molecule is CCCN(CCNCc1ccc(Cl)c(Br)c1)C(=O)OC(C)(C)C. The molecule has 6 heteroatoms. The van der Waals surface area contributed by atoms with Gasteiger partial charge in [-0.25, -0.2) is 4.79 Å². The Hall–Kier alpha value is -0.780. The Bertz CT molecular complexity index is 518. The molecule has 1 amide bonds.